The number of carbonyl (C=O) groups excluding carboxylic acids is 1. The van der Waals surface area contributed by atoms with Crippen molar-refractivity contribution < 1.29 is 13.9 Å². The van der Waals surface area contributed by atoms with Crippen molar-refractivity contribution in [3.05, 3.63) is 71.3 Å². The molecule has 0 spiro atoms. The number of hydrogen-bond donors (Lipinski definition) is 1. The summed E-state index contributed by atoms with van der Waals surface area (Å²) < 4.78 is 20.8. The predicted molar refractivity (Wildman–Crippen MR) is 112 cm³/mol. The molecule has 0 bridgehead atoms. The molecular weight excluding hydrogens is 369 g/mol. The molecular formula is C23H26FN3O2. The first-order valence-electron chi connectivity index (χ1n) is 9.68. The molecule has 1 aromatic heterocycles. The van der Waals surface area contributed by atoms with Crippen molar-refractivity contribution >= 4 is 11.6 Å². The Bertz CT molecular complexity index is 994. The highest BCUT2D eigenvalue weighted by atomic mass is 19.1. The Hall–Kier alpha value is -3.15. The molecule has 0 aliphatic rings. The summed E-state index contributed by atoms with van der Waals surface area (Å²) in [5, 5.41) is 7.47. The van der Waals surface area contributed by atoms with Crippen LogP contribution in [0.3, 0.4) is 0 Å². The first kappa shape index (κ1) is 20.6. The summed E-state index contributed by atoms with van der Waals surface area (Å²) in [6.45, 7) is 9.06. The van der Waals surface area contributed by atoms with Crippen LogP contribution in [-0.4, -0.2) is 15.7 Å². The molecule has 0 saturated carbocycles. The fraction of sp³-hybridized carbons (Fsp3) is 0.304. The van der Waals surface area contributed by atoms with E-state index in [4.69, 9.17) is 4.74 Å². The molecule has 2 aromatic carbocycles. The van der Waals surface area contributed by atoms with Gasteiger partial charge in [-0.1, -0.05) is 19.9 Å². The second-order valence-corrected chi connectivity index (χ2v) is 7.53. The fourth-order valence-corrected chi connectivity index (χ4v) is 3.15. The average Bonchev–Trinajstić information content (AvgIpc) is 2.90. The summed E-state index contributed by atoms with van der Waals surface area (Å²) in [7, 11) is 0. The second kappa shape index (κ2) is 8.90. The molecule has 5 nitrogen and oxygen atoms in total. The largest absolute Gasteiger partial charge is 0.457 e. The van der Waals surface area contributed by atoms with Gasteiger partial charge in [-0.25, -0.2) is 4.39 Å². The summed E-state index contributed by atoms with van der Waals surface area (Å²) in [6.07, 6.45) is 0.275. The smallest absolute Gasteiger partial charge is 0.228 e. The Balaban J connectivity index is 1.62. The van der Waals surface area contributed by atoms with Crippen LogP contribution in [-0.2, 0) is 17.8 Å². The Labute approximate surface area is 170 Å². The lowest BCUT2D eigenvalue weighted by atomic mass is 10.1. The van der Waals surface area contributed by atoms with Crippen LogP contribution in [0.1, 0.15) is 30.8 Å². The van der Waals surface area contributed by atoms with Crippen molar-refractivity contribution in [2.24, 2.45) is 5.92 Å². The van der Waals surface area contributed by atoms with Gasteiger partial charge in [-0.05, 0) is 56.2 Å². The quantitative estimate of drug-likeness (QED) is 0.593. The minimum Gasteiger partial charge on any atom is -0.457 e. The maximum Gasteiger partial charge on any atom is 0.228 e. The predicted octanol–water partition coefficient (Wildman–Crippen LogP) is 5.27. The summed E-state index contributed by atoms with van der Waals surface area (Å²) in [5.74, 6) is 1.02. The van der Waals surface area contributed by atoms with Crippen molar-refractivity contribution in [3.8, 4) is 11.5 Å². The minimum atomic E-state index is -0.353. The van der Waals surface area contributed by atoms with Crippen molar-refractivity contribution in [2.75, 3.05) is 5.32 Å². The number of carbonyl (C=O) groups is 1. The number of nitrogens with one attached hydrogen (secondary N) is 1. The van der Waals surface area contributed by atoms with Crippen LogP contribution in [0.15, 0.2) is 48.5 Å². The maximum absolute atomic E-state index is 13.2. The number of rotatable bonds is 7. The number of aryl methyl sites for hydroxylation is 1. The normalized spacial score (nSPS) is 11.0. The molecule has 0 aliphatic heterocycles. The van der Waals surface area contributed by atoms with E-state index in [0.29, 0.717) is 23.1 Å². The van der Waals surface area contributed by atoms with Gasteiger partial charge in [0, 0.05) is 29.6 Å². The van der Waals surface area contributed by atoms with Gasteiger partial charge in [0.2, 0.25) is 5.91 Å². The number of amides is 1. The lowest BCUT2D eigenvalue weighted by molar-refractivity contribution is -0.115. The Kier molecular flexibility index (Phi) is 6.32. The molecule has 0 fully saturated rings. The Morgan fingerprint density at radius 3 is 2.52 bits per heavy atom. The van der Waals surface area contributed by atoms with Gasteiger partial charge in [-0.2, -0.15) is 5.10 Å². The monoisotopic (exact) mass is 395 g/mol. The van der Waals surface area contributed by atoms with Gasteiger partial charge in [0.1, 0.15) is 17.3 Å². The molecule has 0 aliphatic carbocycles. The van der Waals surface area contributed by atoms with Crippen molar-refractivity contribution in [2.45, 2.75) is 40.7 Å². The van der Waals surface area contributed by atoms with E-state index in [1.165, 1.54) is 12.1 Å². The van der Waals surface area contributed by atoms with E-state index in [-0.39, 0.29) is 18.1 Å². The Morgan fingerprint density at radius 1 is 1.14 bits per heavy atom. The zero-order valence-electron chi connectivity index (χ0n) is 17.2. The van der Waals surface area contributed by atoms with E-state index in [1.807, 2.05) is 18.5 Å². The van der Waals surface area contributed by atoms with E-state index in [2.05, 4.69) is 24.3 Å². The standard InChI is InChI=1S/C23H26FN3O2/c1-15(2)14-27-17(4)22(16(3)26-27)13-23(28)25-19-8-10-20(11-9-19)29-21-7-5-6-18(24)12-21/h5-12,15H,13-14H2,1-4H3,(H,25,28). The van der Waals surface area contributed by atoms with Crippen molar-refractivity contribution in [1.29, 1.82) is 0 Å². The third-order valence-electron chi connectivity index (χ3n) is 4.58. The van der Waals surface area contributed by atoms with Crippen LogP contribution in [0.5, 0.6) is 11.5 Å². The fourth-order valence-electron chi connectivity index (χ4n) is 3.15. The molecule has 0 unspecified atom stereocenters. The van der Waals surface area contributed by atoms with Gasteiger partial charge >= 0.3 is 0 Å². The maximum atomic E-state index is 13.2. The lowest BCUT2D eigenvalue weighted by Gasteiger charge is -2.09. The lowest BCUT2D eigenvalue weighted by Crippen LogP contribution is -2.15. The first-order valence-corrected chi connectivity index (χ1v) is 9.68. The topological polar surface area (TPSA) is 56.2 Å². The van der Waals surface area contributed by atoms with Crippen LogP contribution in [0.25, 0.3) is 0 Å². The summed E-state index contributed by atoms with van der Waals surface area (Å²) in [4.78, 5) is 12.5. The highest BCUT2D eigenvalue weighted by Crippen LogP contribution is 2.24. The summed E-state index contributed by atoms with van der Waals surface area (Å²) in [6, 6.07) is 12.9. The van der Waals surface area contributed by atoms with Gasteiger partial charge in [-0.3, -0.25) is 9.48 Å². The third kappa shape index (κ3) is 5.44. The van der Waals surface area contributed by atoms with E-state index in [0.717, 1.165) is 23.5 Å². The van der Waals surface area contributed by atoms with E-state index in [9.17, 15) is 9.18 Å². The number of aromatic nitrogens is 2. The average molecular weight is 395 g/mol. The molecule has 0 radical (unpaired) electrons. The van der Waals surface area contributed by atoms with E-state index in [1.54, 1.807) is 36.4 Å². The number of anilines is 1. The van der Waals surface area contributed by atoms with Gasteiger partial charge in [-0.15, -0.1) is 0 Å². The number of ether oxygens (including phenoxy) is 1. The summed E-state index contributed by atoms with van der Waals surface area (Å²) in [5.41, 5.74) is 3.56. The third-order valence-corrected chi connectivity index (χ3v) is 4.58. The summed E-state index contributed by atoms with van der Waals surface area (Å²) >= 11 is 0. The Morgan fingerprint density at radius 2 is 1.86 bits per heavy atom. The SMILES string of the molecule is Cc1nn(CC(C)C)c(C)c1CC(=O)Nc1ccc(Oc2cccc(F)c2)cc1. The zero-order valence-corrected chi connectivity index (χ0v) is 17.2. The molecule has 0 saturated heterocycles. The van der Waals surface area contributed by atoms with Crippen molar-refractivity contribution in [3.63, 3.8) is 0 Å². The van der Waals surface area contributed by atoms with E-state index >= 15 is 0 Å². The van der Waals surface area contributed by atoms with Crippen LogP contribution in [0, 0.1) is 25.6 Å². The molecule has 1 amide bonds. The van der Waals surface area contributed by atoms with Gasteiger partial charge < -0.3 is 10.1 Å². The van der Waals surface area contributed by atoms with Gasteiger partial charge in [0.25, 0.3) is 0 Å². The van der Waals surface area contributed by atoms with Crippen LogP contribution in [0.4, 0.5) is 10.1 Å². The highest BCUT2D eigenvalue weighted by Gasteiger charge is 2.15. The molecule has 3 aromatic rings. The molecule has 1 N–H and O–H groups in total. The molecule has 152 valence electrons. The number of benzene rings is 2. The molecule has 29 heavy (non-hydrogen) atoms. The van der Waals surface area contributed by atoms with Gasteiger partial charge in [0.05, 0.1) is 12.1 Å². The van der Waals surface area contributed by atoms with Gasteiger partial charge in [0.15, 0.2) is 0 Å². The second-order valence-electron chi connectivity index (χ2n) is 7.53. The zero-order chi connectivity index (χ0) is 21.0. The number of halogens is 1. The molecule has 6 heteroatoms. The van der Waals surface area contributed by atoms with Crippen LogP contribution >= 0.6 is 0 Å². The first-order chi connectivity index (χ1) is 13.8. The van der Waals surface area contributed by atoms with Crippen molar-refractivity contribution in [1.82, 2.24) is 9.78 Å². The molecule has 0 atom stereocenters. The molecule has 3 rings (SSSR count). The van der Waals surface area contributed by atoms with E-state index < -0.39 is 0 Å². The van der Waals surface area contributed by atoms with Crippen LogP contribution < -0.4 is 10.1 Å². The molecule has 1 heterocycles. The number of nitrogens with zero attached hydrogens (tertiary/aromatic N) is 2. The minimum absolute atomic E-state index is 0.0981. The number of hydrogen-bond acceptors (Lipinski definition) is 3. The highest BCUT2D eigenvalue weighted by molar-refractivity contribution is 5.92. The van der Waals surface area contributed by atoms with Crippen LogP contribution in [0.2, 0.25) is 0 Å².